The first-order chi connectivity index (χ1) is 11.2. The van der Waals surface area contributed by atoms with E-state index in [1.165, 1.54) is 9.75 Å². The summed E-state index contributed by atoms with van der Waals surface area (Å²) in [7, 11) is 3.25. The fourth-order valence-electron chi connectivity index (χ4n) is 2.08. The molecule has 2 aromatic rings. The number of rotatable bonds is 6. The number of anilines is 1. The third-order valence-corrected chi connectivity index (χ3v) is 4.16. The number of benzene rings is 1. The lowest BCUT2D eigenvalue weighted by molar-refractivity contribution is 0.355. The summed E-state index contributed by atoms with van der Waals surface area (Å²) in [5.41, 5.74) is 0.893. The molecule has 0 unspecified atom stereocenters. The van der Waals surface area contributed by atoms with Gasteiger partial charge in [0.2, 0.25) is 0 Å². The number of methoxy groups -OCH3 is 2. The Morgan fingerprint density at radius 2 is 1.91 bits per heavy atom. The van der Waals surface area contributed by atoms with Crippen LogP contribution in [0.2, 0.25) is 0 Å². The van der Waals surface area contributed by atoms with Crippen molar-refractivity contribution in [2.75, 3.05) is 26.1 Å². The zero-order chi connectivity index (χ0) is 16.7. The fraction of sp³-hybridized carbons (Fsp3) is 0.353. The van der Waals surface area contributed by atoms with Gasteiger partial charge < -0.3 is 20.1 Å². The van der Waals surface area contributed by atoms with Crippen LogP contribution >= 0.6 is 11.3 Å². The molecule has 0 spiro atoms. The van der Waals surface area contributed by atoms with Gasteiger partial charge in [-0.25, -0.2) is 4.99 Å². The molecule has 124 valence electrons. The van der Waals surface area contributed by atoms with E-state index in [4.69, 9.17) is 9.47 Å². The molecule has 2 N–H and O–H groups in total. The Morgan fingerprint density at radius 1 is 1.13 bits per heavy atom. The zero-order valence-corrected chi connectivity index (χ0v) is 14.8. The lowest BCUT2D eigenvalue weighted by atomic mass is 10.3. The maximum absolute atomic E-state index is 5.33. The minimum atomic E-state index is 0.654. The lowest BCUT2D eigenvalue weighted by Gasteiger charge is -2.13. The van der Waals surface area contributed by atoms with Crippen molar-refractivity contribution in [1.29, 1.82) is 0 Å². The van der Waals surface area contributed by atoms with Gasteiger partial charge in [0.1, 0.15) is 0 Å². The Kier molecular flexibility index (Phi) is 6.29. The summed E-state index contributed by atoms with van der Waals surface area (Å²) in [6, 6.07) is 9.92. The number of hydrogen-bond donors (Lipinski definition) is 2. The predicted molar refractivity (Wildman–Crippen MR) is 97.0 cm³/mol. The highest BCUT2D eigenvalue weighted by Gasteiger charge is 2.06. The summed E-state index contributed by atoms with van der Waals surface area (Å²) in [6.45, 7) is 5.59. The summed E-state index contributed by atoms with van der Waals surface area (Å²) in [5.74, 6) is 2.13. The molecule has 0 saturated carbocycles. The first-order valence-corrected chi connectivity index (χ1v) is 8.30. The fourth-order valence-corrected chi connectivity index (χ4v) is 2.90. The third-order valence-electron chi connectivity index (χ3n) is 3.18. The van der Waals surface area contributed by atoms with Crippen molar-refractivity contribution in [3.63, 3.8) is 0 Å². The topological polar surface area (TPSA) is 54.9 Å². The molecule has 0 radical (unpaired) electrons. The van der Waals surface area contributed by atoms with Gasteiger partial charge in [0.15, 0.2) is 17.5 Å². The standard InChI is InChI=1S/C17H23N3O2S/c1-5-18-17(19-11-14-8-6-12(2)23-14)20-13-7-9-15(21-3)16(10-13)22-4/h6-10H,5,11H2,1-4H3,(H2,18,19,20). The number of aryl methyl sites for hydroxylation is 1. The van der Waals surface area contributed by atoms with E-state index in [0.717, 1.165) is 18.2 Å². The maximum atomic E-state index is 5.33. The van der Waals surface area contributed by atoms with Crippen molar-refractivity contribution >= 4 is 23.0 Å². The van der Waals surface area contributed by atoms with E-state index < -0.39 is 0 Å². The number of thiophene rings is 1. The van der Waals surface area contributed by atoms with Gasteiger partial charge in [-0.15, -0.1) is 11.3 Å². The highest BCUT2D eigenvalue weighted by molar-refractivity contribution is 7.11. The van der Waals surface area contributed by atoms with Crippen LogP contribution in [0.25, 0.3) is 0 Å². The van der Waals surface area contributed by atoms with Crippen LogP contribution in [-0.4, -0.2) is 26.7 Å². The Hall–Kier alpha value is -2.21. The number of nitrogens with one attached hydrogen (secondary N) is 2. The Labute approximate surface area is 141 Å². The van der Waals surface area contributed by atoms with E-state index >= 15 is 0 Å². The average molecular weight is 333 g/mol. The van der Waals surface area contributed by atoms with Crippen molar-refractivity contribution < 1.29 is 9.47 Å². The third kappa shape index (κ3) is 4.89. The second-order valence-electron chi connectivity index (χ2n) is 4.90. The van der Waals surface area contributed by atoms with E-state index in [9.17, 15) is 0 Å². The SMILES string of the molecule is CCNC(=NCc1ccc(C)s1)Nc1ccc(OC)c(OC)c1. The van der Waals surface area contributed by atoms with Crippen molar-refractivity contribution in [3.05, 3.63) is 40.1 Å². The van der Waals surface area contributed by atoms with E-state index in [2.05, 4.69) is 34.7 Å². The quantitative estimate of drug-likeness (QED) is 0.626. The van der Waals surface area contributed by atoms with Gasteiger partial charge in [0.05, 0.1) is 20.8 Å². The maximum Gasteiger partial charge on any atom is 0.196 e. The molecule has 0 aliphatic rings. The van der Waals surface area contributed by atoms with Gasteiger partial charge >= 0.3 is 0 Å². The number of ether oxygens (including phenoxy) is 2. The van der Waals surface area contributed by atoms with E-state index in [1.807, 2.05) is 25.1 Å². The zero-order valence-electron chi connectivity index (χ0n) is 14.0. The number of aliphatic imine (C=N–C) groups is 1. The highest BCUT2D eigenvalue weighted by atomic mass is 32.1. The summed E-state index contributed by atoms with van der Waals surface area (Å²) < 4.78 is 10.6. The normalized spacial score (nSPS) is 11.2. The monoisotopic (exact) mass is 333 g/mol. The molecular formula is C17H23N3O2S. The van der Waals surface area contributed by atoms with E-state index in [0.29, 0.717) is 18.0 Å². The molecule has 6 heteroatoms. The van der Waals surface area contributed by atoms with Crippen molar-refractivity contribution in [2.45, 2.75) is 20.4 Å². The summed E-state index contributed by atoms with van der Waals surface area (Å²) in [6.07, 6.45) is 0. The molecule has 1 aromatic heterocycles. The van der Waals surface area contributed by atoms with Crippen LogP contribution in [0.3, 0.4) is 0 Å². The first-order valence-electron chi connectivity index (χ1n) is 7.49. The Morgan fingerprint density at radius 3 is 2.52 bits per heavy atom. The molecule has 5 nitrogen and oxygen atoms in total. The van der Waals surface area contributed by atoms with Crippen molar-refractivity contribution in [1.82, 2.24) is 5.32 Å². The molecule has 1 aromatic carbocycles. The average Bonchev–Trinajstić information content (AvgIpc) is 2.98. The number of guanidine groups is 1. The Balaban J connectivity index is 2.12. The minimum Gasteiger partial charge on any atom is -0.493 e. The molecule has 0 bridgehead atoms. The van der Waals surface area contributed by atoms with Gasteiger partial charge in [-0.05, 0) is 38.1 Å². The molecule has 1 heterocycles. The molecule has 0 fully saturated rings. The van der Waals surface area contributed by atoms with Crippen LogP contribution in [0, 0.1) is 6.92 Å². The van der Waals surface area contributed by atoms with Gasteiger partial charge in [0, 0.05) is 28.1 Å². The smallest absolute Gasteiger partial charge is 0.196 e. The molecule has 0 aliphatic heterocycles. The van der Waals surface area contributed by atoms with Gasteiger partial charge in [-0.2, -0.15) is 0 Å². The molecule has 23 heavy (non-hydrogen) atoms. The van der Waals surface area contributed by atoms with Crippen molar-refractivity contribution in [2.24, 2.45) is 4.99 Å². The second kappa shape index (κ2) is 8.43. The number of hydrogen-bond acceptors (Lipinski definition) is 4. The molecule has 0 saturated heterocycles. The molecule has 0 aliphatic carbocycles. The molecule has 0 amide bonds. The van der Waals surface area contributed by atoms with Gasteiger partial charge in [-0.1, -0.05) is 0 Å². The van der Waals surface area contributed by atoms with Crippen LogP contribution in [-0.2, 0) is 6.54 Å². The minimum absolute atomic E-state index is 0.654. The van der Waals surface area contributed by atoms with E-state index in [1.54, 1.807) is 25.6 Å². The lowest BCUT2D eigenvalue weighted by Crippen LogP contribution is -2.30. The van der Waals surface area contributed by atoms with Crippen LogP contribution in [0.5, 0.6) is 11.5 Å². The van der Waals surface area contributed by atoms with Crippen LogP contribution in [0.15, 0.2) is 35.3 Å². The van der Waals surface area contributed by atoms with Gasteiger partial charge in [0.25, 0.3) is 0 Å². The summed E-state index contributed by atoms with van der Waals surface area (Å²) >= 11 is 1.77. The van der Waals surface area contributed by atoms with Crippen LogP contribution < -0.4 is 20.1 Å². The van der Waals surface area contributed by atoms with Crippen LogP contribution in [0.1, 0.15) is 16.7 Å². The predicted octanol–water partition coefficient (Wildman–Crippen LogP) is 3.65. The summed E-state index contributed by atoms with van der Waals surface area (Å²) in [4.78, 5) is 7.16. The summed E-state index contributed by atoms with van der Waals surface area (Å²) in [5, 5.41) is 6.54. The van der Waals surface area contributed by atoms with Gasteiger partial charge in [-0.3, -0.25) is 0 Å². The second-order valence-corrected chi connectivity index (χ2v) is 6.27. The molecule has 2 rings (SSSR count). The largest absolute Gasteiger partial charge is 0.493 e. The number of nitrogens with zero attached hydrogens (tertiary/aromatic N) is 1. The highest BCUT2D eigenvalue weighted by Crippen LogP contribution is 2.29. The first kappa shape index (κ1) is 17.1. The molecular weight excluding hydrogens is 310 g/mol. The van der Waals surface area contributed by atoms with Crippen molar-refractivity contribution in [3.8, 4) is 11.5 Å². The van der Waals surface area contributed by atoms with E-state index in [-0.39, 0.29) is 0 Å². The molecule has 0 atom stereocenters. The van der Waals surface area contributed by atoms with Crippen LogP contribution in [0.4, 0.5) is 5.69 Å². The Bertz CT molecular complexity index is 668.